The van der Waals surface area contributed by atoms with Crippen molar-refractivity contribution < 1.29 is 19.0 Å². The standard InChI is InChI=1S/C40H39N3O5/c1-40(2,3)48-37(44)24-17-28-15-18-31(19-16-28)32-20-21-33-35(25-32)42(4)39(45)43(33)34-22-23-36(46-26-29-11-7-5-8-12-29)41-38(34)47-27-30-13-9-6-10-14-30/h5-16,18-23,25H,17,24,26-27H2,1-4H3. The molecule has 0 saturated heterocycles. The fourth-order valence-corrected chi connectivity index (χ4v) is 5.48. The summed E-state index contributed by atoms with van der Waals surface area (Å²) in [5.41, 5.74) is 6.33. The normalized spacial score (nSPS) is 11.4. The van der Waals surface area contributed by atoms with E-state index in [9.17, 15) is 9.59 Å². The number of aromatic nitrogens is 3. The minimum Gasteiger partial charge on any atom is -0.473 e. The highest BCUT2D eigenvalue weighted by Gasteiger charge is 2.20. The lowest BCUT2D eigenvalue weighted by Gasteiger charge is -2.19. The molecule has 0 fully saturated rings. The maximum atomic E-state index is 13.8. The number of ether oxygens (including phenoxy) is 3. The number of fused-ring (bicyclic) bond motifs is 1. The van der Waals surface area contributed by atoms with Crippen molar-refractivity contribution in [1.29, 1.82) is 0 Å². The molecule has 0 unspecified atom stereocenters. The summed E-state index contributed by atoms with van der Waals surface area (Å²) in [7, 11) is 1.76. The molecule has 8 heteroatoms. The number of hydrogen-bond acceptors (Lipinski definition) is 6. The van der Waals surface area contributed by atoms with E-state index in [1.54, 1.807) is 22.2 Å². The van der Waals surface area contributed by atoms with E-state index in [1.165, 1.54) is 0 Å². The topological polar surface area (TPSA) is 84.6 Å². The molecule has 6 aromatic rings. The zero-order valence-electron chi connectivity index (χ0n) is 27.7. The van der Waals surface area contributed by atoms with Crippen LogP contribution in [0.25, 0.3) is 27.8 Å². The van der Waals surface area contributed by atoms with Gasteiger partial charge in [0.05, 0.1) is 11.0 Å². The molecule has 0 aliphatic rings. The Morgan fingerprint density at radius 1 is 0.708 bits per heavy atom. The Kier molecular flexibility index (Phi) is 9.43. The van der Waals surface area contributed by atoms with E-state index in [4.69, 9.17) is 19.2 Å². The van der Waals surface area contributed by atoms with E-state index in [0.717, 1.165) is 38.9 Å². The second-order valence-electron chi connectivity index (χ2n) is 12.7. The van der Waals surface area contributed by atoms with Gasteiger partial charge in [0.25, 0.3) is 0 Å². The summed E-state index contributed by atoms with van der Waals surface area (Å²) < 4.78 is 21.0. The van der Waals surface area contributed by atoms with Crippen LogP contribution in [0.15, 0.2) is 120 Å². The van der Waals surface area contributed by atoms with Crippen LogP contribution in [0.3, 0.4) is 0 Å². The van der Waals surface area contributed by atoms with Gasteiger partial charge in [0.1, 0.15) is 24.5 Å². The van der Waals surface area contributed by atoms with Gasteiger partial charge >= 0.3 is 11.7 Å². The van der Waals surface area contributed by atoms with Crippen LogP contribution in [0.5, 0.6) is 11.8 Å². The second kappa shape index (κ2) is 14.0. The highest BCUT2D eigenvalue weighted by molar-refractivity contribution is 5.84. The lowest BCUT2D eigenvalue weighted by atomic mass is 10.0. The van der Waals surface area contributed by atoms with Crippen LogP contribution in [-0.2, 0) is 36.2 Å². The van der Waals surface area contributed by atoms with Crippen LogP contribution < -0.4 is 15.2 Å². The fraction of sp³-hybridized carbons (Fsp3) is 0.225. The molecule has 4 aromatic carbocycles. The summed E-state index contributed by atoms with van der Waals surface area (Å²) >= 11 is 0. The Morgan fingerprint density at radius 2 is 1.33 bits per heavy atom. The third-order valence-electron chi connectivity index (χ3n) is 7.88. The zero-order chi connectivity index (χ0) is 33.7. The van der Waals surface area contributed by atoms with Crippen LogP contribution in [-0.4, -0.2) is 25.7 Å². The summed E-state index contributed by atoms with van der Waals surface area (Å²) in [6.07, 6.45) is 0.925. The van der Waals surface area contributed by atoms with Gasteiger partial charge in [-0.2, -0.15) is 4.98 Å². The largest absolute Gasteiger partial charge is 0.473 e. The predicted octanol–water partition coefficient (Wildman–Crippen LogP) is 7.82. The number of pyridine rings is 1. The van der Waals surface area contributed by atoms with E-state index in [1.807, 2.05) is 130 Å². The third kappa shape index (κ3) is 7.66. The maximum absolute atomic E-state index is 13.8. The first-order valence-corrected chi connectivity index (χ1v) is 16.0. The smallest absolute Gasteiger partial charge is 0.333 e. The van der Waals surface area contributed by atoms with Crippen LogP contribution in [0.4, 0.5) is 0 Å². The number of benzene rings is 4. The summed E-state index contributed by atoms with van der Waals surface area (Å²) in [5, 5.41) is 0. The zero-order valence-corrected chi connectivity index (χ0v) is 27.7. The Morgan fingerprint density at radius 3 is 1.98 bits per heavy atom. The molecule has 2 aromatic heterocycles. The molecule has 0 saturated carbocycles. The van der Waals surface area contributed by atoms with E-state index >= 15 is 0 Å². The molecule has 244 valence electrons. The number of carbonyl (C=O) groups is 1. The van der Waals surface area contributed by atoms with Gasteiger partial charge in [-0.3, -0.25) is 13.9 Å². The van der Waals surface area contributed by atoms with Gasteiger partial charge in [-0.25, -0.2) is 4.79 Å². The minimum atomic E-state index is -0.494. The molecule has 0 atom stereocenters. The lowest BCUT2D eigenvalue weighted by molar-refractivity contribution is -0.154. The van der Waals surface area contributed by atoms with Gasteiger partial charge in [-0.15, -0.1) is 0 Å². The van der Waals surface area contributed by atoms with E-state index in [-0.39, 0.29) is 18.3 Å². The van der Waals surface area contributed by atoms with Crippen molar-refractivity contribution in [2.24, 2.45) is 7.05 Å². The summed E-state index contributed by atoms with van der Waals surface area (Å²) in [4.78, 5) is 30.7. The Hall–Kier alpha value is -5.63. The molecule has 2 heterocycles. The van der Waals surface area contributed by atoms with Crippen molar-refractivity contribution in [3.05, 3.63) is 142 Å². The van der Waals surface area contributed by atoms with Gasteiger partial charge < -0.3 is 14.2 Å². The van der Waals surface area contributed by atoms with Gasteiger partial charge in [0.2, 0.25) is 11.8 Å². The minimum absolute atomic E-state index is 0.208. The molecule has 6 rings (SSSR count). The highest BCUT2D eigenvalue weighted by atomic mass is 16.6. The van der Waals surface area contributed by atoms with E-state index in [2.05, 4.69) is 0 Å². The van der Waals surface area contributed by atoms with Gasteiger partial charge in [-0.05, 0) is 73.2 Å². The molecule has 0 N–H and O–H groups in total. The molecular formula is C40H39N3O5. The number of hydrogen-bond donors (Lipinski definition) is 0. The van der Waals surface area contributed by atoms with Crippen molar-refractivity contribution in [1.82, 2.24) is 14.1 Å². The fourth-order valence-electron chi connectivity index (χ4n) is 5.48. The van der Waals surface area contributed by atoms with Crippen molar-refractivity contribution >= 4 is 17.0 Å². The third-order valence-corrected chi connectivity index (χ3v) is 7.88. The molecule has 0 bridgehead atoms. The first-order chi connectivity index (χ1) is 23.1. The monoisotopic (exact) mass is 641 g/mol. The molecule has 8 nitrogen and oxygen atoms in total. The molecule has 0 aliphatic carbocycles. The first kappa shape index (κ1) is 32.3. The van der Waals surface area contributed by atoms with E-state index < -0.39 is 5.60 Å². The van der Waals surface area contributed by atoms with Gasteiger partial charge in [0.15, 0.2) is 0 Å². The first-order valence-electron chi connectivity index (χ1n) is 16.0. The molecule has 0 aliphatic heterocycles. The number of aryl methyl sites for hydroxylation is 2. The Bertz CT molecular complexity index is 2080. The summed E-state index contributed by atoms with van der Waals surface area (Å²) in [5.74, 6) is 0.487. The number of carbonyl (C=O) groups excluding carboxylic acids is 1. The molecule has 0 amide bonds. The van der Waals surface area contributed by atoms with Crippen LogP contribution in [0.2, 0.25) is 0 Å². The van der Waals surface area contributed by atoms with Crippen molar-refractivity contribution in [3.8, 4) is 28.6 Å². The predicted molar refractivity (Wildman–Crippen MR) is 187 cm³/mol. The number of nitrogens with zero attached hydrogens (tertiary/aromatic N) is 3. The Labute approximate surface area is 280 Å². The van der Waals surface area contributed by atoms with Crippen molar-refractivity contribution in [2.45, 2.75) is 52.4 Å². The molecular weight excluding hydrogens is 602 g/mol. The maximum Gasteiger partial charge on any atom is 0.333 e. The molecule has 0 spiro atoms. The number of rotatable bonds is 11. The highest BCUT2D eigenvalue weighted by Crippen LogP contribution is 2.30. The number of esters is 1. The Balaban J connectivity index is 1.28. The number of imidazole rings is 1. The average molecular weight is 642 g/mol. The molecule has 48 heavy (non-hydrogen) atoms. The van der Waals surface area contributed by atoms with Crippen molar-refractivity contribution in [2.75, 3.05) is 0 Å². The van der Waals surface area contributed by atoms with Crippen LogP contribution in [0.1, 0.15) is 43.9 Å². The summed E-state index contributed by atoms with van der Waals surface area (Å²) in [6, 6.07) is 37.4. The quantitative estimate of drug-likeness (QED) is 0.134. The molecule has 0 radical (unpaired) electrons. The van der Waals surface area contributed by atoms with Gasteiger partial charge in [0, 0.05) is 19.5 Å². The average Bonchev–Trinajstić information content (AvgIpc) is 3.34. The van der Waals surface area contributed by atoms with Crippen LogP contribution >= 0.6 is 0 Å². The van der Waals surface area contributed by atoms with Crippen molar-refractivity contribution in [3.63, 3.8) is 0 Å². The SMILES string of the molecule is Cn1c(=O)n(-c2ccc(OCc3ccccc3)nc2OCc2ccccc2)c2ccc(-c3ccc(CCC(=O)OC(C)(C)C)cc3)cc21. The summed E-state index contributed by atoms with van der Waals surface area (Å²) in [6.45, 7) is 6.24. The lowest BCUT2D eigenvalue weighted by Crippen LogP contribution is -2.23. The van der Waals surface area contributed by atoms with E-state index in [0.29, 0.717) is 36.9 Å². The van der Waals surface area contributed by atoms with Crippen LogP contribution in [0, 0.1) is 0 Å². The van der Waals surface area contributed by atoms with Gasteiger partial charge in [-0.1, -0.05) is 91.0 Å². The second-order valence-corrected chi connectivity index (χ2v) is 12.7.